The summed E-state index contributed by atoms with van der Waals surface area (Å²) in [5.74, 6) is -0.611. The van der Waals surface area contributed by atoms with Crippen molar-refractivity contribution in [1.82, 2.24) is 0 Å². The maximum atomic E-state index is 13.9. The fourth-order valence-electron chi connectivity index (χ4n) is 2.12. The van der Waals surface area contributed by atoms with E-state index in [0.717, 1.165) is 19.4 Å². The normalized spacial score (nSPS) is 18.0. The van der Waals surface area contributed by atoms with E-state index in [-0.39, 0.29) is 25.0 Å². The maximum absolute atomic E-state index is 13.9. The molecule has 2 rings (SSSR count). The topological polar surface area (TPSA) is 76.4 Å². The van der Waals surface area contributed by atoms with E-state index in [9.17, 15) is 9.18 Å². The molecule has 1 saturated heterocycles. The van der Waals surface area contributed by atoms with Crippen molar-refractivity contribution < 1.29 is 13.9 Å². The molecule has 1 atom stereocenters. The van der Waals surface area contributed by atoms with Crippen LogP contribution in [0.15, 0.2) is 18.2 Å². The largest absolute Gasteiger partial charge is 0.380 e. The molecule has 1 heterocycles. The van der Waals surface area contributed by atoms with Gasteiger partial charge in [-0.15, -0.1) is 0 Å². The van der Waals surface area contributed by atoms with Crippen molar-refractivity contribution in [3.05, 3.63) is 24.0 Å². The molecule has 1 aliphatic rings. The smallest absolute Gasteiger partial charge is 0.225 e. The second kappa shape index (κ2) is 7.21. The van der Waals surface area contributed by atoms with E-state index in [4.69, 9.17) is 10.5 Å². The molecule has 0 aliphatic carbocycles. The van der Waals surface area contributed by atoms with Crippen LogP contribution in [0.4, 0.5) is 15.8 Å². The summed E-state index contributed by atoms with van der Waals surface area (Å²) < 4.78 is 19.3. The van der Waals surface area contributed by atoms with E-state index in [2.05, 4.69) is 10.6 Å². The Balaban J connectivity index is 1.89. The van der Waals surface area contributed by atoms with Crippen molar-refractivity contribution in [3.63, 3.8) is 0 Å². The van der Waals surface area contributed by atoms with Crippen LogP contribution in [0.25, 0.3) is 0 Å². The molecule has 1 amide bonds. The van der Waals surface area contributed by atoms with Crippen molar-refractivity contribution in [2.24, 2.45) is 5.73 Å². The van der Waals surface area contributed by atoms with Crippen LogP contribution < -0.4 is 16.4 Å². The first-order chi connectivity index (χ1) is 9.69. The zero-order valence-corrected chi connectivity index (χ0v) is 11.3. The number of amides is 1. The molecule has 1 aromatic carbocycles. The summed E-state index contributed by atoms with van der Waals surface area (Å²) in [7, 11) is 0. The minimum absolute atomic E-state index is 0.151. The molecule has 20 heavy (non-hydrogen) atoms. The predicted octanol–water partition coefficient (Wildman–Crippen LogP) is 1.70. The number of anilines is 2. The summed E-state index contributed by atoms with van der Waals surface area (Å²) in [5, 5.41) is 5.62. The standard InChI is InChI=1S/C14H20FN3O2/c15-12-8-10(18-14(19)5-6-16)3-4-13(12)17-9-11-2-1-7-20-11/h3-4,8,11,17H,1-2,5-7,9,16H2,(H,18,19). The number of hydrogen-bond donors (Lipinski definition) is 3. The first-order valence-electron chi connectivity index (χ1n) is 6.84. The molecule has 0 aromatic heterocycles. The van der Waals surface area contributed by atoms with Crippen LogP contribution in [-0.2, 0) is 9.53 Å². The summed E-state index contributed by atoms with van der Waals surface area (Å²) in [6.45, 7) is 1.64. The molecule has 0 bridgehead atoms. The average molecular weight is 281 g/mol. The van der Waals surface area contributed by atoms with Gasteiger partial charge in [0.1, 0.15) is 5.82 Å². The second-order valence-corrected chi connectivity index (χ2v) is 4.80. The highest BCUT2D eigenvalue weighted by Gasteiger charge is 2.15. The van der Waals surface area contributed by atoms with E-state index in [1.54, 1.807) is 12.1 Å². The molecule has 1 unspecified atom stereocenters. The Morgan fingerprint density at radius 1 is 1.50 bits per heavy atom. The average Bonchev–Trinajstić information content (AvgIpc) is 2.91. The third kappa shape index (κ3) is 4.18. The SMILES string of the molecule is NCCC(=O)Nc1ccc(NCC2CCCO2)c(F)c1. The van der Waals surface area contributed by atoms with Gasteiger partial charge in [-0.1, -0.05) is 0 Å². The fourth-order valence-corrected chi connectivity index (χ4v) is 2.12. The molecule has 1 aromatic rings. The van der Waals surface area contributed by atoms with Crippen molar-refractivity contribution in [2.45, 2.75) is 25.4 Å². The highest BCUT2D eigenvalue weighted by Crippen LogP contribution is 2.20. The number of carbonyl (C=O) groups is 1. The van der Waals surface area contributed by atoms with Crippen LogP contribution in [0.5, 0.6) is 0 Å². The summed E-state index contributed by atoms with van der Waals surface area (Å²) >= 11 is 0. The van der Waals surface area contributed by atoms with Crippen LogP contribution in [-0.4, -0.2) is 31.7 Å². The molecule has 0 saturated carbocycles. The summed E-state index contributed by atoms with van der Waals surface area (Å²) in [5.41, 5.74) is 6.13. The van der Waals surface area contributed by atoms with Gasteiger partial charge in [-0.25, -0.2) is 4.39 Å². The summed E-state index contributed by atoms with van der Waals surface area (Å²) in [6, 6.07) is 4.57. The molecule has 1 fully saturated rings. The van der Waals surface area contributed by atoms with Gasteiger partial charge in [0.2, 0.25) is 5.91 Å². The molecule has 5 nitrogen and oxygen atoms in total. The van der Waals surface area contributed by atoms with E-state index in [1.807, 2.05) is 0 Å². The predicted molar refractivity (Wildman–Crippen MR) is 76.2 cm³/mol. The van der Waals surface area contributed by atoms with Gasteiger partial charge < -0.3 is 21.1 Å². The third-order valence-electron chi connectivity index (χ3n) is 3.17. The molecular formula is C14H20FN3O2. The molecule has 6 heteroatoms. The van der Waals surface area contributed by atoms with Crippen LogP contribution in [0, 0.1) is 5.82 Å². The quantitative estimate of drug-likeness (QED) is 0.742. The van der Waals surface area contributed by atoms with Gasteiger partial charge in [0.05, 0.1) is 11.8 Å². The molecule has 0 radical (unpaired) electrons. The zero-order chi connectivity index (χ0) is 14.4. The second-order valence-electron chi connectivity index (χ2n) is 4.80. The van der Waals surface area contributed by atoms with Gasteiger partial charge in [-0.05, 0) is 31.0 Å². The van der Waals surface area contributed by atoms with Crippen LogP contribution >= 0.6 is 0 Å². The van der Waals surface area contributed by atoms with E-state index in [0.29, 0.717) is 17.9 Å². The first kappa shape index (κ1) is 14.7. The lowest BCUT2D eigenvalue weighted by Gasteiger charge is -2.13. The molecule has 110 valence electrons. The van der Waals surface area contributed by atoms with Gasteiger partial charge in [0, 0.05) is 31.8 Å². The van der Waals surface area contributed by atoms with Gasteiger partial charge in [-0.3, -0.25) is 4.79 Å². The van der Waals surface area contributed by atoms with Crippen molar-refractivity contribution in [1.29, 1.82) is 0 Å². The van der Waals surface area contributed by atoms with Crippen LogP contribution in [0.3, 0.4) is 0 Å². The zero-order valence-electron chi connectivity index (χ0n) is 11.3. The van der Waals surface area contributed by atoms with Crippen molar-refractivity contribution >= 4 is 17.3 Å². The summed E-state index contributed by atoms with van der Waals surface area (Å²) in [6.07, 6.45) is 2.43. The third-order valence-corrected chi connectivity index (χ3v) is 3.17. The van der Waals surface area contributed by atoms with Crippen molar-refractivity contribution in [2.75, 3.05) is 30.3 Å². The van der Waals surface area contributed by atoms with Crippen LogP contribution in [0.2, 0.25) is 0 Å². The number of carbonyl (C=O) groups excluding carboxylic acids is 1. The van der Waals surface area contributed by atoms with E-state index >= 15 is 0 Å². The van der Waals surface area contributed by atoms with Crippen molar-refractivity contribution in [3.8, 4) is 0 Å². The minimum atomic E-state index is -0.395. The highest BCUT2D eigenvalue weighted by atomic mass is 19.1. The molecule has 1 aliphatic heterocycles. The van der Waals surface area contributed by atoms with Crippen LogP contribution in [0.1, 0.15) is 19.3 Å². The Morgan fingerprint density at radius 2 is 2.35 bits per heavy atom. The van der Waals surface area contributed by atoms with Gasteiger partial charge in [0.25, 0.3) is 0 Å². The Labute approximate surface area is 117 Å². The Bertz CT molecular complexity index is 462. The van der Waals surface area contributed by atoms with E-state index in [1.165, 1.54) is 6.07 Å². The lowest BCUT2D eigenvalue weighted by atomic mass is 10.2. The molecule has 0 spiro atoms. The monoisotopic (exact) mass is 281 g/mol. The number of hydrogen-bond acceptors (Lipinski definition) is 4. The maximum Gasteiger partial charge on any atom is 0.225 e. The highest BCUT2D eigenvalue weighted by molar-refractivity contribution is 5.91. The Morgan fingerprint density at radius 3 is 3.00 bits per heavy atom. The fraction of sp³-hybridized carbons (Fsp3) is 0.500. The summed E-state index contributed by atoms with van der Waals surface area (Å²) in [4.78, 5) is 11.4. The molecular weight excluding hydrogens is 261 g/mol. The van der Waals surface area contributed by atoms with Gasteiger partial charge in [-0.2, -0.15) is 0 Å². The number of halogens is 1. The Kier molecular flexibility index (Phi) is 5.31. The lowest BCUT2D eigenvalue weighted by molar-refractivity contribution is -0.116. The molecule has 4 N–H and O–H groups in total. The number of nitrogens with two attached hydrogens (primary N) is 1. The first-order valence-corrected chi connectivity index (χ1v) is 6.84. The minimum Gasteiger partial charge on any atom is -0.380 e. The van der Waals surface area contributed by atoms with Gasteiger partial charge >= 0.3 is 0 Å². The number of nitrogens with one attached hydrogen (secondary N) is 2. The van der Waals surface area contributed by atoms with E-state index < -0.39 is 5.82 Å². The Hall–Kier alpha value is -1.66. The number of rotatable bonds is 6. The number of benzene rings is 1. The lowest BCUT2D eigenvalue weighted by Crippen LogP contribution is -2.19. The number of ether oxygens (including phenoxy) is 1. The van der Waals surface area contributed by atoms with Gasteiger partial charge in [0.15, 0.2) is 0 Å².